The molecule has 0 heterocycles. The van der Waals surface area contributed by atoms with E-state index < -0.39 is 12.0 Å². The third-order valence-electron chi connectivity index (χ3n) is 3.07. The first-order valence-electron chi connectivity index (χ1n) is 7.09. The van der Waals surface area contributed by atoms with Gasteiger partial charge in [-0.2, -0.15) is 0 Å². The Morgan fingerprint density at radius 1 is 1.19 bits per heavy atom. The minimum absolute atomic E-state index is 0.0487. The highest BCUT2D eigenvalue weighted by Crippen LogP contribution is 2.28. The lowest BCUT2D eigenvalue weighted by Gasteiger charge is -2.15. The van der Waals surface area contributed by atoms with Gasteiger partial charge < -0.3 is 9.47 Å². The van der Waals surface area contributed by atoms with E-state index in [1.54, 1.807) is 31.2 Å². The topological polar surface area (TPSA) is 76.7 Å². The molecule has 1 atom stereocenters. The summed E-state index contributed by atoms with van der Waals surface area (Å²) in [6.45, 7) is 4.13. The first kappa shape index (κ1) is 15.2. The van der Waals surface area contributed by atoms with Crippen molar-refractivity contribution >= 4 is 11.8 Å². The van der Waals surface area contributed by atoms with Crippen LogP contribution in [0, 0.1) is 5.92 Å². The molecule has 0 unspecified atom stereocenters. The predicted molar refractivity (Wildman–Crippen MR) is 76.7 cm³/mol. The molecule has 21 heavy (non-hydrogen) atoms. The Hall–Kier alpha value is -2.24. The molecule has 0 aromatic heterocycles. The maximum atomic E-state index is 11.8. The van der Waals surface area contributed by atoms with Crippen LogP contribution in [0.1, 0.15) is 26.7 Å². The van der Waals surface area contributed by atoms with E-state index >= 15 is 0 Å². The molecule has 1 aliphatic rings. The van der Waals surface area contributed by atoms with Gasteiger partial charge in [0, 0.05) is 5.92 Å². The summed E-state index contributed by atoms with van der Waals surface area (Å²) in [5.41, 5.74) is 4.77. The first-order chi connectivity index (χ1) is 10.1. The van der Waals surface area contributed by atoms with Gasteiger partial charge in [0.1, 0.15) is 11.5 Å². The van der Waals surface area contributed by atoms with Gasteiger partial charge in [-0.05, 0) is 51.0 Å². The third kappa shape index (κ3) is 4.66. The summed E-state index contributed by atoms with van der Waals surface area (Å²) in [4.78, 5) is 23.2. The van der Waals surface area contributed by atoms with Gasteiger partial charge in [0.15, 0.2) is 6.10 Å². The van der Waals surface area contributed by atoms with Gasteiger partial charge in [0.05, 0.1) is 6.61 Å². The smallest absolute Gasteiger partial charge is 0.279 e. The van der Waals surface area contributed by atoms with E-state index in [1.165, 1.54) is 0 Å². The highest BCUT2D eigenvalue weighted by Gasteiger charge is 2.30. The predicted octanol–water partition coefficient (Wildman–Crippen LogP) is 1.41. The van der Waals surface area contributed by atoms with Gasteiger partial charge in [-0.15, -0.1) is 0 Å². The van der Waals surface area contributed by atoms with E-state index in [1.807, 2.05) is 6.92 Å². The molecule has 2 rings (SSSR count). The number of hydrogen-bond donors (Lipinski definition) is 2. The van der Waals surface area contributed by atoms with E-state index in [9.17, 15) is 9.59 Å². The van der Waals surface area contributed by atoms with E-state index in [0.29, 0.717) is 12.4 Å². The molecular weight excluding hydrogens is 272 g/mol. The number of amides is 2. The molecule has 6 nitrogen and oxygen atoms in total. The van der Waals surface area contributed by atoms with Crippen molar-refractivity contribution in [2.75, 3.05) is 6.61 Å². The standard InChI is InChI=1S/C15H20N2O4/c1-3-20-12-6-8-13(9-7-12)21-10(2)14(18)16-17-15(19)11-4-5-11/h6-11H,3-5H2,1-2H3,(H,16,18)(H,17,19)/t10-/m1/s1. The van der Waals surface area contributed by atoms with E-state index in [4.69, 9.17) is 9.47 Å². The van der Waals surface area contributed by atoms with Crippen molar-refractivity contribution in [2.24, 2.45) is 5.92 Å². The van der Waals surface area contributed by atoms with Gasteiger partial charge in [0.25, 0.3) is 5.91 Å². The molecule has 1 fully saturated rings. The molecule has 1 aromatic carbocycles. The van der Waals surface area contributed by atoms with Crippen molar-refractivity contribution in [1.82, 2.24) is 10.9 Å². The van der Waals surface area contributed by atoms with Gasteiger partial charge in [0.2, 0.25) is 5.91 Å². The highest BCUT2D eigenvalue weighted by atomic mass is 16.5. The van der Waals surface area contributed by atoms with Gasteiger partial charge in [-0.1, -0.05) is 0 Å². The molecule has 114 valence electrons. The van der Waals surface area contributed by atoms with Crippen LogP contribution in [0.25, 0.3) is 0 Å². The summed E-state index contributed by atoms with van der Waals surface area (Å²) >= 11 is 0. The molecular formula is C15H20N2O4. The second-order valence-corrected chi connectivity index (χ2v) is 4.92. The summed E-state index contributed by atoms with van der Waals surface area (Å²) in [5, 5.41) is 0. The zero-order valence-corrected chi connectivity index (χ0v) is 12.2. The minimum atomic E-state index is -0.706. The van der Waals surface area contributed by atoms with Crippen LogP contribution in [0.2, 0.25) is 0 Å². The van der Waals surface area contributed by atoms with Crippen molar-refractivity contribution in [3.8, 4) is 11.5 Å². The number of carbonyl (C=O) groups excluding carboxylic acids is 2. The van der Waals surface area contributed by atoms with Gasteiger partial charge in [-0.3, -0.25) is 20.4 Å². The Morgan fingerprint density at radius 2 is 1.81 bits per heavy atom. The summed E-state index contributed by atoms with van der Waals surface area (Å²) in [7, 11) is 0. The van der Waals surface area contributed by atoms with Crippen LogP contribution in [0.3, 0.4) is 0 Å². The van der Waals surface area contributed by atoms with Crippen molar-refractivity contribution in [2.45, 2.75) is 32.8 Å². The lowest BCUT2D eigenvalue weighted by Crippen LogP contribution is -2.47. The van der Waals surface area contributed by atoms with Crippen LogP contribution in [-0.2, 0) is 9.59 Å². The fourth-order valence-electron chi connectivity index (χ4n) is 1.71. The summed E-state index contributed by atoms with van der Waals surface area (Å²) < 4.78 is 10.8. The Morgan fingerprint density at radius 3 is 2.38 bits per heavy atom. The molecule has 2 amide bonds. The fourth-order valence-corrected chi connectivity index (χ4v) is 1.71. The fraction of sp³-hybridized carbons (Fsp3) is 0.467. The largest absolute Gasteiger partial charge is 0.494 e. The zero-order chi connectivity index (χ0) is 15.2. The first-order valence-corrected chi connectivity index (χ1v) is 7.09. The average Bonchev–Trinajstić information content (AvgIpc) is 3.31. The van der Waals surface area contributed by atoms with Crippen molar-refractivity contribution in [1.29, 1.82) is 0 Å². The number of ether oxygens (including phenoxy) is 2. The second-order valence-electron chi connectivity index (χ2n) is 4.92. The van der Waals surface area contributed by atoms with Crippen molar-refractivity contribution < 1.29 is 19.1 Å². The molecule has 1 aliphatic carbocycles. The Bertz CT molecular complexity index is 497. The molecule has 1 aromatic rings. The van der Waals surface area contributed by atoms with Crippen LogP contribution < -0.4 is 20.3 Å². The molecule has 6 heteroatoms. The van der Waals surface area contributed by atoms with Crippen molar-refractivity contribution in [3.63, 3.8) is 0 Å². The third-order valence-corrected chi connectivity index (χ3v) is 3.07. The van der Waals surface area contributed by atoms with Crippen molar-refractivity contribution in [3.05, 3.63) is 24.3 Å². The summed E-state index contributed by atoms with van der Waals surface area (Å²) in [5.74, 6) is 0.829. The Kier molecular flexibility index (Phi) is 5.03. The van der Waals surface area contributed by atoms with Crippen LogP contribution in [0.4, 0.5) is 0 Å². The molecule has 0 bridgehead atoms. The highest BCUT2D eigenvalue weighted by molar-refractivity contribution is 5.86. The average molecular weight is 292 g/mol. The number of nitrogens with one attached hydrogen (secondary N) is 2. The molecule has 0 saturated heterocycles. The minimum Gasteiger partial charge on any atom is -0.494 e. The van der Waals surface area contributed by atoms with E-state index in [0.717, 1.165) is 18.6 Å². The summed E-state index contributed by atoms with van der Waals surface area (Å²) in [6, 6.07) is 7.02. The number of rotatable bonds is 6. The SMILES string of the molecule is CCOc1ccc(O[C@H](C)C(=O)NNC(=O)C2CC2)cc1. The summed E-state index contributed by atoms with van der Waals surface area (Å²) in [6.07, 6.45) is 1.07. The number of hydrogen-bond acceptors (Lipinski definition) is 4. The van der Waals surface area contributed by atoms with E-state index in [2.05, 4.69) is 10.9 Å². The lowest BCUT2D eigenvalue weighted by molar-refractivity contribution is -0.133. The Labute approximate surface area is 123 Å². The number of benzene rings is 1. The van der Waals surface area contributed by atoms with Gasteiger partial charge >= 0.3 is 0 Å². The maximum Gasteiger partial charge on any atom is 0.279 e. The molecule has 2 N–H and O–H groups in total. The molecule has 0 spiro atoms. The van der Waals surface area contributed by atoms with Crippen LogP contribution in [0.15, 0.2) is 24.3 Å². The lowest BCUT2D eigenvalue weighted by atomic mass is 10.3. The monoisotopic (exact) mass is 292 g/mol. The number of carbonyl (C=O) groups is 2. The van der Waals surface area contributed by atoms with Gasteiger partial charge in [-0.25, -0.2) is 0 Å². The maximum absolute atomic E-state index is 11.8. The van der Waals surface area contributed by atoms with Crippen LogP contribution in [0.5, 0.6) is 11.5 Å². The molecule has 0 radical (unpaired) electrons. The Balaban J connectivity index is 1.77. The quantitative estimate of drug-likeness (QED) is 0.777. The van der Waals surface area contributed by atoms with E-state index in [-0.39, 0.29) is 11.8 Å². The second kappa shape index (κ2) is 6.97. The molecule has 1 saturated carbocycles. The number of hydrazine groups is 1. The van der Waals surface area contributed by atoms with Crippen LogP contribution >= 0.6 is 0 Å². The molecule has 0 aliphatic heterocycles. The van der Waals surface area contributed by atoms with Crippen LogP contribution in [-0.4, -0.2) is 24.5 Å². The zero-order valence-electron chi connectivity index (χ0n) is 12.2. The normalized spacial score (nSPS) is 15.0.